The van der Waals surface area contributed by atoms with E-state index in [9.17, 15) is 14.4 Å². The summed E-state index contributed by atoms with van der Waals surface area (Å²) in [5.74, 6) is -0.891. The third-order valence-corrected chi connectivity index (χ3v) is 5.15. The Morgan fingerprint density at radius 1 is 1.27 bits per heavy atom. The Balaban J connectivity index is 1.50. The third-order valence-electron chi connectivity index (χ3n) is 4.39. The minimum absolute atomic E-state index is 0.0241. The van der Waals surface area contributed by atoms with Crippen LogP contribution in [-0.4, -0.2) is 34.2 Å². The van der Waals surface area contributed by atoms with Gasteiger partial charge in [0.25, 0.3) is 5.91 Å². The smallest absolute Gasteiger partial charge is 0.265 e. The number of thiazole rings is 1. The van der Waals surface area contributed by atoms with E-state index in [0.717, 1.165) is 25.7 Å². The Hall–Kier alpha value is -2.68. The van der Waals surface area contributed by atoms with Gasteiger partial charge in [0.1, 0.15) is 5.69 Å². The van der Waals surface area contributed by atoms with Crippen LogP contribution in [0.1, 0.15) is 42.6 Å². The predicted molar refractivity (Wildman–Crippen MR) is 98.6 cm³/mol. The molecule has 5 N–H and O–H groups in total. The van der Waals surface area contributed by atoms with Crippen LogP contribution in [0.25, 0.3) is 11.3 Å². The van der Waals surface area contributed by atoms with Gasteiger partial charge in [-0.3, -0.25) is 14.4 Å². The molecule has 1 fully saturated rings. The Labute approximate surface area is 154 Å². The molecule has 0 radical (unpaired) electrons. The second-order valence-electron chi connectivity index (χ2n) is 6.31. The maximum atomic E-state index is 12.1. The van der Waals surface area contributed by atoms with E-state index in [1.807, 2.05) is 0 Å². The van der Waals surface area contributed by atoms with Crippen LogP contribution >= 0.6 is 11.3 Å². The van der Waals surface area contributed by atoms with Gasteiger partial charge in [-0.2, -0.15) is 0 Å². The number of carbonyl (C=O) groups is 3. The first kappa shape index (κ1) is 18.1. The van der Waals surface area contributed by atoms with Gasteiger partial charge in [-0.05, 0) is 18.9 Å². The Morgan fingerprint density at radius 2 is 2.04 bits per heavy atom. The largest absolute Gasteiger partial charge is 0.364 e. The zero-order chi connectivity index (χ0) is 18.5. The summed E-state index contributed by atoms with van der Waals surface area (Å²) in [6.07, 6.45) is 6.75. The molecule has 8 nitrogen and oxygen atoms in total. The standard InChI is InChI=1S/C17H21N5O3S/c18-15(24)12-6-11(7-19-12)13-9-26-17(21-13)22-14(23)8-20-16(25)10-4-2-1-3-5-10/h6-7,9-10,19H,1-5,8H2,(H2,18,24)(H,20,25)(H,21,22,23). The zero-order valence-corrected chi connectivity index (χ0v) is 15.0. The summed E-state index contributed by atoms with van der Waals surface area (Å²) in [5.41, 5.74) is 6.84. The normalized spacial score (nSPS) is 14.8. The molecule has 3 rings (SSSR count). The van der Waals surface area contributed by atoms with Crippen LogP contribution < -0.4 is 16.4 Å². The molecule has 2 heterocycles. The molecular weight excluding hydrogens is 354 g/mol. The number of nitrogens with zero attached hydrogens (tertiary/aromatic N) is 1. The lowest BCUT2D eigenvalue weighted by molar-refractivity contribution is -0.128. The molecule has 0 unspecified atom stereocenters. The molecular formula is C17H21N5O3S. The lowest BCUT2D eigenvalue weighted by atomic mass is 9.89. The van der Waals surface area contributed by atoms with Crippen molar-refractivity contribution in [3.8, 4) is 11.3 Å². The summed E-state index contributed by atoms with van der Waals surface area (Å²) in [6, 6.07) is 1.60. The molecule has 1 aliphatic carbocycles. The highest BCUT2D eigenvalue weighted by Gasteiger charge is 2.21. The molecule has 0 aliphatic heterocycles. The third kappa shape index (κ3) is 4.48. The minimum Gasteiger partial charge on any atom is -0.364 e. The lowest BCUT2D eigenvalue weighted by Gasteiger charge is -2.20. The number of primary amides is 1. The van der Waals surface area contributed by atoms with E-state index in [2.05, 4.69) is 20.6 Å². The predicted octanol–water partition coefficient (Wildman–Crippen LogP) is 1.87. The minimum atomic E-state index is -0.547. The molecule has 2 aromatic heterocycles. The number of aromatic amines is 1. The fourth-order valence-corrected chi connectivity index (χ4v) is 3.72. The highest BCUT2D eigenvalue weighted by atomic mass is 32.1. The number of anilines is 1. The maximum Gasteiger partial charge on any atom is 0.265 e. The van der Waals surface area contributed by atoms with Crippen molar-refractivity contribution in [3.05, 3.63) is 23.3 Å². The molecule has 1 saturated carbocycles. The van der Waals surface area contributed by atoms with Crippen molar-refractivity contribution in [1.82, 2.24) is 15.3 Å². The van der Waals surface area contributed by atoms with Crippen LogP contribution in [0, 0.1) is 5.92 Å². The van der Waals surface area contributed by atoms with Gasteiger partial charge in [0.05, 0.1) is 12.2 Å². The highest BCUT2D eigenvalue weighted by Crippen LogP contribution is 2.25. The topological polar surface area (TPSA) is 130 Å². The van der Waals surface area contributed by atoms with E-state index in [1.54, 1.807) is 17.6 Å². The van der Waals surface area contributed by atoms with Crippen molar-refractivity contribution < 1.29 is 14.4 Å². The van der Waals surface area contributed by atoms with Crippen LogP contribution in [-0.2, 0) is 9.59 Å². The SMILES string of the molecule is NC(=O)c1cc(-c2csc(NC(=O)CNC(=O)C3CCCCC3)n2)c[nH]1. The van der Waals surface area contributed by atoms with E-state index < -0.39 is 5.91 Å². The summed E-state index contributed by atoms with van der Waals surface area (Å²) in [6.45, 7) is -0.0692. The zero-order valence-electron chi connectivity index (χ0n) is 14.2. The average molecular weight is 375 g/mol. The molecule has 26 heavy (non-hydrogen) atoms. The molecule has 0 bridgehead atoms. The Kier molecular flexibility index (Phi) is 5.67. The van der Waals surface area contributed by atoms with Crippen molar-refractivity contribution in [3.63, 3.8) is 0 Å². The first-order valence-corrected chi connectivity index (χ1v) is 9.42. The van der Waals surface area contributed by atoms with Crippen molar-refractivity contribution >= 4 is 34.2 Å². The highest BCUT2D eigenvalue weighted by molar-refractivity contribution is 7.14. The van der Waals surface area contributed by atoms with Crippen molar-refractivity contribution in [2.24, 2.45) is 11.7 Å². The van der Waals surface area contributed by atoms with Gasteiger partial charge in [0.2, 0.25) is 11.8 Å². The number of rotatable bonds is 6. The molecule has 1 aliphatic rings. The number of carbonyl (C=O) groups excluding carboxylic acids is 3. The maximum absolute atomic E-state index is 12.1. The fourth-order valence-electron chi connectivity index (χ4n) is 2.99. The molecule has 0 atom stereocenters. The van der Waals surface area contributed by atoms with Gasteiger partial charge in [0.15, 0.2) is 5.13 Å². The van der Waals surface area contributed by atoms with Crippen LogP contribution in [0.3, 0.4) is 0 Å². The number of nitrogens with two attached hydrogens (primary N) is 1. The van der Waals surface area contributed by atoms with Gasteiger partial charge in [-0.25, -0.2) is 4.98 Å². The summed E-state index contributed by atoms with van der Waals surface area (Å²) >= 11 is 1.27. The quantitative estimate of drug-likeness (QED) is 0.614. The van der Waals surface area contributed by atoms with Crippen LogP contribution in [0.5, 0.6) is 0 Å². The first-order valence-electron chi connectivity index (χ1n) is 8.54. The summed E-state index contributed by atoms with van der Waals surface area (Å²) in [5, 5.41) is 7.57. The monoisotopic (exact) mass is 375 g/mol. The summed E-state index contributed by atoms with van der Waals surface area (Å²) in [7, 11) is 0. The number of hydrogen-bond acceptors (Lipinski definition) is 5. The van der Waals surface area contributed by atoms with E-state index in [0.29, 0.717) is 22.1 Å². The first-order chi connectivity index (χ1) is 12.5. The van der Waals surface area contributed by atoms with E-state index in [1.165, 1.54) is 17.8 Å². The van der Waals surface area contributed by atoms with E-state index in [4.69, 9.17) is 5.73 Å². The molecule has 0 saturated heterocycles. The van der Waals surface area contributed by atoms with Crippen LogP contribution in [0.2, 0.25) is 0 Å². The second-order valence-corrected chi connectivity index (χ2v) is 7.16. The summed E-state index contributed by atoms with van der Waals surface area (Å²) in [4.78, 5) is 42.3. The number of nitrogens with one attached hydrogen (secondary N) is 3. The van der Waals surface area contributed by atoms with Gasteiger partial charge in [-0.1, -0.05) is 19.3 Å². The van der Waals surface area contributed by atoms with Crippen molar-refractivity contribution in [2.75, 3.05) is 11.9 Å². The average Bonchev–Trinajstić information content (AvgIpc) is 3.29. The molecule has 0 aromatic carbocycles. The van der Waals surface area contributed by atoms with Gasteiger partial charge in [-0.15, -0.1) is 11.3 Å². The summed E-state index contributed by atoms with van der Waals surface area (Å²) < 4.78 is 0. The second kappa shape index (κ2) is 8.13. The van der Waals surface area contributed by atoms with Gasteiger partial charge >= 0.3 is 0 Å². The number of amides is 3. The number of H-pyrrole nitrogens is 1. The van der Waals surface area contributed by atoms with Crippen LogP contribution in [0.15, 0.2) is 17.6 Å². The van der Waals surface area contributed by atoms with Gasteiger partial charge < -0.3 is 21.4 Å². The molecule has 0 spiro atoms. The fraction of sp³-hybridized carbons (Fsp3) is 0.412. The molecule has 9 heteroatoms. The Morgan fingerprint density at radius 3 is 2.73 bits per heavy atom. The van der Waals surface area contributed by atoms with Gasteiger partial charge in [0, 0.05) is 23.1 Å². The van der Waals surface area contributed by atoms with Crippen molar-refractivity contribution in [1.29, 1.82) is 0 Å². The van der Waals surface area contributed by atoms with Crippen molar-refractivity contribution in [2.45, 2.75) is 32.1 Å². The number of hydrogen-bond donors (Lipinski definition) is 4. The number of aromatic nitrogens is 2. The van der Waals surface area contributed by atoms with Crippen LogP contribution in [0.4, 0.5) is 5.13 Å². The molecule has 2 aromatic rings. The van der Waals surface area contributed by atoms with E-state index in [-0.39, 0.29) is 24.3 Å². The molecule has 3 amide bonds. The van der Waals surface area contributed by atoms with E-state index >= 15 is 0 Å². The Bertz CT molecular complexity index is 807. The molecule has 138 valence electrons. The lowest BCUT2D eigenvalue weighted by Crippen LogP contribution is -2.37.